The van der Waals surface area contributed by atoms with Crippen molar-refractivity contribution in [2.75, 3.05) is 0 Å². The Morgan fingerprint density at radius 2 is 2.00 bits per heavy atom. The van der Waals surface area contributed by atoms with Gasteiger partial charge in [-0.05, 0) is 31.5 Å². The summed E-state index contributed by atoms with van der Waals surface area (Å²) in [5, 5.41) is 0.474. The molecule has 2 aromatic rings. The van der Waals surface area contributed by atoms with Crippen molar-refractivity contribution in [3.05, 3.63) is 40.8 Å². The van der Waals surface area contributed by atoms with Crippen LogP contribution in [0.2, 0.25) is 5.15 Å². The van der Waals surface area contributed by atoms with Gasteiger partial charge in [-0.15, -0.1) is 0 Å². The smallest absolute Gasteiger partial charge is 0.179 e. The average molecular weight is 248 g/mol. The lowest BCUT2D eigenvalue weighted by Gasteiger charge is -2.04. The van der Waals surface area contributed by atoms with E-state index >= 15 is 0 Å². The Labute approximate surface area is 106 Å². The summed E-state index contributed by atoms with van der Waals surface area (Å²) in [6.07, 6.45) is 1.94. The van der Waals surface area contributed by atoms with Gasteiger partial charge in [-0.1, -0.05) is 31.0 Å². The molecule has 17 heavy (non-hydrogen) atoms. The second-order valence-electron chi connectivity index (χ2n) is 3.92. The number of hydrogen-bond donors (Lipinski definition) is 0. The Balaban J connectivity index is 2.44. The lowest BCUT2D eigenvalue weighted by Crippen LogP contribution is -1.98. The highest BCUT2D eigenvalue weighted by Gasteiger charge is 2.06. The molecule has 0 radical (unpaired) electrons. The minimum atomic E-state index is 0.474. The summed E-state index contributed by atoms with van der Waals surface area (Å²) in [4.78, 5) is 13.1. The van der Waals surface area contributed by atoms with E-state index in [1.54, 1.807) is 0 Å². The molecule has 0 saturated carbocycles. The first kappa shape index (κ1) is 12.0. The maximum absolute atomic E-state index is 6.00. The van der Waals surface area contributed by atoms with Crippen molar-refractivity contribution in [1.82, 2.24) is 15.0 Å². The molecule has 2 heterocycles. The fourth-order valence-corrected chi connectivity index (χ4v) is 1.84. The monoisotopic (exact) mass is 247 g/mol. The summed E-state index contributed by atoms with van der Waals surface area (Å²) in [5.74, 6) is 0.602. The van der Waals surface area contributed by atoms with Crippen molar-refractivity contribution < 1.29 is 0 Å². The highest BCUT2D eigenvalue weighted by molar-refractivity contribution is 6.29. The summed E-state index contributed by atoms with van der Waals surface area (Å²) >= 11 is 6.00. The van der Waals surface area contributed by atoms with Gasteiger partial charge in [-0.2, -0.15) is 0 Å². The molecule has 0 bridgehead atoms. The largest absolute Gasteiger partial charge is 0.250 e. The fourth-order valence-electron chi connectivity index (χ4n) is 1.63. The van der Waals surface area contributed by atoms with Crippen molar-refractivity contribution in [3.8, 4) is 11.5 Å². The zero-order valence-corrected chi connectivity index (χ0v) is 10.7. The van der Waals surface area contributed by atoms with Gasteiger partial charge in [0.2, 0.25) is 0 Å². The summed E-state index contributed by atoms with van der Waals surface area (Å²) in [6, 6.07) is 7.60. The van der Waals surface area contributed by atoms with E-state index in [9.17, 15) is 0 Å². The molecule has 0 unspecified atom stereocenters. The molecule has 0 saturated heterocycles. The average Bonchev–Trinajstić information content (AvgIpc) is 2.28. The lowest BCUT2D eigenvalue weighted by atomic mass is 10.2. The van der Waals surface area contributed by atoms with Gasteiger partial charge in [-0.25, -0.2) is 15.0 Å². The predicted molar refractivity (Wildman–Crippen MR) is 69.0 cm³/mol. The highest BCUT2D eigenvalue weighted by atomic mass is 35.5. The first-order valence-corrected chi connectivity index (χ1v) is 6.04. The molecular formula is C13H14ClN3. The molecule has 3 nitrogen and oxygen atoms in total. The van der Waals surface area contributed by atoms with Crippen LogP contribution < -0.4 is 0 Å². The van der Waals surface area contributed by atoms with Crippen molar-refractivity contribution in [2.24, 2.45) is 0 Å². The lowest BCUT2D eigenvalue weighted by molar-refractivity contribution is 0.873. The van der Waals surface area contributed by atoms with E-state index in [1.807, 2.05) is 31.2 Å². The second-order valence-corrected chi connectivity index (χ2v) is 4.31. The maximum Gasteiger partial charge on any atom is 0.179 e. The Kier molecular flexibility index (Phi) is 3.69. The van der Waals surface area contributed by atoms with Crippen molar-refractivity contribution in [2.45, 2.75) is 26.7 Å². The van der Waals surface area contributed by atoms with Crippen LogP contribution in [0.15, 0.2) is 24.3 Å². The van der Waals surface area contributed by atoms with Crippen molar-refractivity contribution in [3.63, 3.8) is 0 Å². The fraction of sp³-hybridized carbons (Fsp3) is 0.308. The van der Waals surface area contributed by atoms with Gasteiger partial charge in [0, 0.05) is 11.4 Å². The number of rotatable bonds is 3. The zero-order chi connectivity index (χ0) is 12.3. The third kappa shape index (κ3) is 3.01. The number of hydrogen-bond acceptors (Lipinski definition) is 3. The van der Waals surface area contributed by atoms with Gasteiger partial charge in [0.05, 0.1) is 0 Å². The second kappa shape index (κ2) is 5.23. The van der Waals surface area contributed by atoms with Gasteiger partial charge < -0.3 is 0 Å². The summed E-state index contributed by atoms with van der Waals surface area (Å²) in [6.45, 7) is 4.06. The molecule has 2 aromatic heterocycles. The molecule has 4 heteroatoms. The van der Waals surface area contributed by atoms with Gasteiger partial charge in [0.1, 0.15) is 10.8 Å². The van der Waals surface area contributed by atoms with E-state index in [0.717, 1.165) is 29.9 Å². The van der Waals surface area contributed by atoms with Gasteiger partial charge in [-0.3, -0.25) is 0 Å². The molecule has 0 atom stereocenters. The van der Waals surface area contributed by atoms with Crippen LogP contribution >= 0.6 is 11.6 Å². The number of nitrogens with zero attached hydrogens (tertiary/aromatic N) is 3. The SMILES string of the molecule is CCCc1cc(Cl)nc(-c2cccc(C)n2)n1. The van der Waals surface area contributed by atoms with E-state index in [-0.39, 0.29) is 0 Å². The normalized spacial score (nSPS) is 10.5. The molecule has 2 rings (SSSR count). The van der Waals surface area contributed by atoms with Crippen LogP contribution in [0.4, 0.5) is 0 Å². The topological polar surface area (TPSA) is 38.7 Å². The van der Waals surface area contributed by atoms with Gasteiger partial charge >= 0.3 is 0 Å². The van der Waals surface area contributed by atoms with Crippen LogP contribution in [-0.2, 0) is 6.42 Å². The molecular weight excluding hydrogens is 234 g/mol. The van der Waals surface area contributed by atoms with E-state index in [0.29, 0.717) is 11.0 Å². The van der Waals surface area contributed by atoms with Crippen LogP contribution in [0.1, 0.15) is 24.7 Å². The van der Waals surface area contributed by atoms with Gasteiger partial charge in [0.15, 0.2) is 5.82 Å². The van der Waals surface area contributed by atoms with E-state index in [1.165, 1.54) is 0 Å². The maximum atomic E-state index is 6.00. The van der Waals surface area contributed by atoms with Crippen molar-refractivity contribution >= 4 is 11.6 Å². The van der Waals surface area contributed by atoms with E-state index in [4.69, 9.17) is 11.6 Å². The highest BCUT2D eigenvalue weighted by Crippen LogP contribution is 2.17. The minimum absolute atomic E-state index is 0.474. The predicted octanol–water partition coefficient (Wildman–Crippen LogP) is 3.45. The number of pyridine rings is 1. The molecule has 0 N–H and O–H groups in total. The van der Waals surface area contributed by atoms with Crippen LogP contribution in [0.5, 0.6) is 0 Å². The Morgan fingerprint density at radius 3 is 2.71 bits per heavy atom. The standard InChI is InChI=1S/C13H14ClN3/c1-3-5-10-8-12(14)17-13(16-10)11-7-4-6-9(2)15-11/h4,6-8H,3,5H2,1-2H3. The third-order valence-corrected chi connectivity index (χ3v) is 2.57. The van der Waals surface area contributed by atoms with Crippen LogP contribution in [-0.4, -0.2) is 15.0 Å². The molecule has 0 amide bonds. The number of aromatic nitrogens is 3. The third-order valence-electron chi connectivity index (χ3n) is 2.37. The van der Waals surface area contributed by atoms with E-state index in [2.05, 4.69) is 21.9 Å². The van der Waals surface area contributed by atoms with Crippen LogP contribution in [0.3, 0.4) is 0 Å². The molecule has 0 spiro atoms. The Morgan fingerprint density at radius 1 is 1.18 bits per heavy atom. The zero-order valence-electron chi connectivity index (χ0n) is 9.94. The number of halogens is 1. The summed E-state index contributed by atoms with van der Waals surface area (Å²) in [5.41, 5.74) is 2.68. The summed E-state index contributed by atoms with van der Waals surface area (Å²) < 4.78 is 0. The number of aryl methyl sites for hydroxylation is 2. The van der Waals surface area contributed by atoms with Crippen LogP contribution in [0, 0.1) is 6.92 Å². The van der Waals surface area contributed by atoms with E-state index < -0.39 is 0 Å². The molecule has 0 aliphatic rings. The molecule has 0 aliphatic heterocycles. The Hall–Kier alpha value is -1.48. The minimum Gasteiger partial charge on any atom is -0.250 e. The first-order chi connectivity index (χ1) is 8.19. The molecule has 0 aromatic carbocycles. The van der Waals surface area contributed by atoms with Crippen molar-refractivity contribution in [1.29, 1.82) is 0 Å². The summed E-state index contributed by atoms with van der Waals surface area (Å²) in [7, 11) is 0. The molecule has 0 fully saturated rings. The molecule has 88 valence electrons. The van der Waals surface area contributed by atoms with Gasteiger partial charge in [0.25, 0.3) is 0 Å². The first-order valence-electron chi connectivity index (χ1n) is 5.66. The Bertz CT molecular complexity index is 526. The molecule has 0 aliphatic carbocycles. The quantitative estimate of drug-likeness (QED) is 0.780. The van der Waals surface area contributed by atoms with Crippen LogP contribution in [0.25, 0.3) is 11.5 Å².